The molecule has 0 saturated carbocycles. The second-order valence-corrected chi connectivity index (χ2v) is 4.65. The molecular weight excluding hydrogens is 266 g/mol. The van der Waals surface area contributed by atoms with E-state index in [1.807, 2.05) is 0 Å². The number of anilines is 1. The first-order valence-electron chi connectivity index (χ1n) is 6.49. The van der Waals surface area contributed by atoms with E-state index >= 15 is 0 Å². The molecule has 4 nitrogen and oxygen atoms in total. The standard InChI is InChI=1S/C14H20ClNO3/c1-2-3-8-19-9-4-7-16-13-6-5-11(14(17)18)10-12(13)15/h5-6,10,16H,2-4,7-9H2,1H3,(H,17,18). The predicted octanol–water partition coefficient (Wildman–Crippen LogP) is 3.66. The van der Waals surface area contributed by atoms with E-state index < -0.39 is 5.97 Å². The van der Waals surface area contributed by atoms with Gasteiger partial charge in [-0.3, -0.25) is 0 Å². The molecule has 0 aliphatic heterocycles. The Hall–Kier alpha value is -1.26. The van der Waals surface area contributed by atoms with Crippen LogP contribution in [0, 0.1) is 0 Å². The van der Waals surface area contributed by atoms with E-state index in [4.69, 9.17) is 21.4 Å². The van der Waals surface area contributed by atoms with Crippen LogP contribution >= 0.6 is 11.6 Å². The summed E-state index contributed by atoms with van der Waals surface area (Å²) in [6, 6.07) is 4.67. The summed E-state index contributed by atoms with van der Waals surface area (Å²) in [5, 5.41) is 12.4. The summed E-state index contributed by atoms with van der Waals surface area (Å²) in [5.74, 6) is -0.974. The van der Waals surface area contributed by atoms with E-state index in [0.29, 0.717) is 5.02 Å². The summed E-state index contributed by atoms with van der Waals surface area (Å²) >= 11 is 6.00. The SMILES string of the molecule is CCCCOCCCNc1ccc(C(=O)O)cc1Cl. The summed E-state index contributed by atoms with van der Waals surface area (Å²) in [6.45, 7) is 4.41. The zero-order valence-electron chi connectivity index (χ0n) is 11.1. The van der Waals surface area contributed by atoms with Crippen molar-refractivity contribution in [3.05, 3.63) is 28.8 Å². The van der Waals surface area contributed by atoms with E-state index in [9.17, 15) is 4.79 Å². The van der Waals surface area contributed by atoms with Crippen molar-refractivity contribution in [3.63, 3.8) is 0 Å². The van der Waals surface area contributed by atoms with Crippen LogP contribution in [-0.2, 0) is 4.74 Å². The number of unbranched alkanes of at least 4 members (excludes halogenated alkanes) is 1. The van der Waals surface area contributed by atoms with Crippen LogP contribution in [0.3, 0.4) is 0 Å². The highest BCUT2D eigenvalue weighted by Gasteiger charge is 2.06. The highest BCUT2D eigenvalue weighted by atomic mass is 35.5. The van der Waals surface area contributed by atoms with Crippen LogP contribution < -0.4 is 5.32 Å². The fourth-order valence-corrected chi connectivity index (χ4v) is 1.78. The summed E-state index contributed by atoms with van der Waals surface area (Å²) in [4.78, 5) is 10.8. The minimum Gasteiger partial charge on any atom is -0.478 e. The molecule has 0 aliphatic rings. The minimum absolute atomic E-state index is 0.193. The maximum absolute atomic E-state index is 10.8. The summed E-state index contributed by atoms with van der Waals surface area (Å²) in [5.41, 5.74) is 0.943. The Bertz CT molecular complexity index is 410. The highest BCUT2D eigenvalue weighted by molar-refractivity contribution is 6.33. The van der Waals surface area contributed by atoms with Gasteiger partial charge >= 0.3 is 5.97 Å². The molecular formula is C14H20ClNO3. The maximum Gasteiger partial charge on any atom is 0.335 e. The van der Waals surface area contributed by atoms with Gasteiger partial charge in [-0.1, -0.05) is 24.9 Å². The van der Waals surface area contributed by atoms with Crippen LogP contribution in [0.2, 0.25) is 5.02 Å². The number of carboxylic acids is 1. The molecule has 106 valence electrons. The Kier molecular flexibility index (Phi) is 7.30. The lowest BCUT2D eigenvalue weighted by Crippen LogP contribution is -2.07. The average Bonchev–Trinajstić information content (AvgIpc) is 2.39. The van der Waals surface area contributed by atoms with Gasteiger partial charge in [0.15, 0.2) is 0 Å². The van der Waals surface area contributed by atoms with Gasteiger partial charge in [0.2, 0.25) is 0 Å². The lowest BCUT2D eigenvalue weighted by Gasteiger charge is -2.09. The summed E-state index contributed by atoms with van der Waals surface area (Å²) in [6.07, 6.45) is 3.13. The minimum atomic E-state index is -0.974. The van der Waals surface area contributed by atoms with Crippen molar-refractivity contribution in [2.75, 3.05) is 25.1 Å². The molecule has 0 aromatic heterocycles. The van der Waals surface area contributed by atoms with Gasteiger partial charge in [0, 0.05) is 19.8 Å². The van der Waals surface area contributed by atoms with Gasteiger partial charge in [0.25, 0.3) is 0 Å². The topological polar surface area (TPSA) is 58.6 Å². The molecule has 0 fully saturated rings. The third-order valence-electron chi connectivity index (χ3n) is 2.64. The molecule has 0 bridgehead atoms. The zero-order chi connectivity index (χ0) is 14.1. The molecule has 1 aromatic rings. The Labute approximate surface area is 118 Å². The van der Waals surface area contributed by atoms with Crippen LogP contribution in [-0.4, -0.2) is 30.8 Å². The molecule has 0 aliphatic carbocycles. The number of carboxylic acid groups (broad SMARTS) is 1. The predicted molar refractivity (Wildman–Crippen MR) is 77.2 cm³/mol. The lowest BCUT2D eigenvalue weighted by atomic mass is 10.2. The first-order valence-corrected chi connectivity index (χ1v) is 6.87. The summed E-state index contributed by atoms with van der Waals surface area (Å²) in [7, 11) is 0. The van der Waals surface area contributed by atoms with Crippen molar-refractivity contribution in [1.29, 1.82) is 0 Å². The first-order chi connectivity index (χ1) is 9.15. The van der Waals surface area contributed by atoms with Gasteiger partial charge in [-0.2, -0.15) is 0 Å². The van der Waals surface area contributed by atoms with Crippen molar-refractivity contribution in [2.24, 2.45) is 0 Å². The number of nitrogens with one attached hydrogen (secondary N) is 1. The monoisotopic (exact) mass is 285 g/mol. The third kappa shape index (κ3) is 5.94. The number of carbonyl (C=O) groups is 1. The molecule has 0 amide bonds. The van der Waals surface area contributed by atoms with Crippen LogP contribution in [0.1, 0.15) is 36.5 Å². The number of hydrogen-bond acceptors (Lipinski definition) is 3. The Morgan fingerprint density at radius 1 is 1.37 bits per heavy atom. The normalized spacial score (nSPS) is 10.4. The largest absolute Gasteiger partial charge is 0.478 e. The lowest BCUT2D eigenvalue weighted by molar-refractivity contribution is 0.0697. The molecule has 19 heavy (non-hydrogen) atoms. The van der Waals surface area contributed by atoms with Crippen molar-refractivity contribution in [3.8, 4) is 0 Å². The molecule has 1 aromatic carbocycles. The molecule has 0 unspecified atom stereocenters. The van der Waals surface area contributed by atoms with Gasteiger partial charge in [-0.25, -0.2) is 4.79 Å². The smallest absolute Gasteiger partial charge is 0.335 e. The van der Waals surface area contributed by atoms with Crippen molar-refractivity contribution >= 4 is 23.3 Å². The molecule has 0 atom stereocenters. The second-order valence-electron chi connectivity index (χ2n) is 4.25. The number of aromatic carboxylic acids is 1. The molecule has 5 heteroatoms. The van der Waals surface area contributed by atoms with Gasteiger partial charge in [0.1, 0.15) is 0 Å². The van der Waals surface area contributed by atoms with Crippen molar-refractivity contribution in [1.82, 2.24) is 0 Å². The van der Waals surface area contributed by atoms with Crippen molar-refractivity contribution < 1.29 is 14.6 Å². The molecule has 0 saturated heterocycles. The third-order valence-corrected chi connectivity index (χ3v) is 2.95. The maximum atomic E-state index is 10.8. The van der Waals surface area contributed by atoms with Crippen LogP contribution in [0.4, 0.5) is 5.69 Å². The van der Waals surface area contributed by atoms with Gasteiger partial charge < -0.3 is 15.2 Å². The number of ether oxygens (including phenoxy) is 1. The van der Waals surface area contributed by atoms with Crippen LogP contribution in [0.15, 0.2) is 18.2 Å². The zero-order valence-corrected chi connectivity index (χ0v) is 11.9. The Morgan fingerprint density at radius 2 is 2.11 bits per heavy atom. The molecule has 0 spiro atoms. The quantitative estimate of drug-likeness (QED) is 0.680. The second kappa shape index (κ2) is 8.77. The number of rotatable bonds is 9. The Balaban J connectivity index is 2.28. The van der Waals surface area contributed by atoms with Crippen LogP contribution in [0.25, 0.3) is 0 Å². The van der Waals surface area contributed by atoms with Gasteiger partial charge in [-0.05, 0) is 31.0 Å². The fourth-order valence-electron chi connectivity index (χ4n) is 1.54. The summed E-state index contributed by atoms with van der Waals surface area (Å²) < 4.78 is 5.44. The molecule has 0 radical (unpaired) electrons. The van der Waals surface area contributed by atoms with E-state index in [-0.39, 0.29) is 5.56 Å². The average molecular weight is 286 g/mol. The molecule has 1 rings (SSSR count). The van der Waals surface area contributed by atoms with Crippen LogP contribution in [0.5, 0.6) is 0 Å². The van der Waals surface area contributed by atoms with Gasteiger partial charge in [-0.15, -0.1) is 0 Å². The molecule has 2 N–H and O–H groups in total. The van der Waals surface area contributed by atoms with E-state index in [1.54, 1.807) is 6.07 Å². The molecule has 0 heterocycles. The number of hydrogen-bond donors (Lipinski definition) is 2. The number of halogens is 1. The van der Waals surface area contributed by atoms with E-state index in [0.717, 1.165) is 44.7 Å². The first kappa shape index (κ1) is 15.8. The number of benzene rings is 1. The van der Waals surface area contributed by atoms with Crippen molar-refractivity contribution in [2.45, 2.75) is 26.2 Å². The Morgan fingerprint density at radius 3 is 2.74 bits per heavy atom. The van der Waals surface area contributed by atoms with E-state index in [2.05, 4.69) is 12.2 Å². The highest BCUT2D eigenvalue weighted by Crippen LogP contribution is 2.22. The van der Waals surface area contributed by atoms with Gasteiger partial charge in [0.05, 0.1) is 16.3 Å². The van der Waals surface area contributed by atoms with E-state index in [1.165, 1.54) is 12.1 Å². The fraction of sp³-hybridized carbons (Fsp3) is 0.500.